The van der Waals surface area contributed by atoms with Crippen LogP contribution in [-0.4, -0.2) is 41.3 Å². The minimum absolute atomic E-state index is 0.158. The Hall–Kier alpha value is -0.120. The number of nitrogens with two attached hydrogens (primary N) is 1. The molecule has 3 fully saturated rings. The summed E-state index contributed by atoms with van der Waals surface area (Å²) in [6.45, 7) is 2.29. The van der Waals surface area contributed by atoms with Crippen LogP contribution in [-0.2, 0) is 0 Å². The van der Waals surface area contributed by atoms with Crippen LogP contribution < -0.4 is 5.73 Å². The van der Waals surface area contributed by atoms with Gasteiger partial charge in [0.05, 0.1) is 12.1 Å². The molecule has 2 aliphatic carbocycles. The van der Waals surface area contributed by atoms with Crippen molar-refractivity contribution in [3.05, 3.63) is 0 Å². The van der Waals surface area contributed by atoms with Crippen LogP contribution >= 0.6 is 0 Å². The first-order valence-electron chi connectivity index (χ1n) is 7.87. The molecule has 0 aromatic carbocycles. The lowest BCUT2D eigenvalue weighted by molar-refractivity contribution is 0.0251. The summed E-state index contributed by atoms with van der Waals surface area (Å²) < 4.78 is 0. The molecule has 3 atom stereocenters. The fourth-order valence-corrected chi connectivity index (χ4v) is 4.27. The van der Waals surface area contributed by atoms with Crippen molar-refractivity contribution in [1.82, 2.24) is 4.90 Å². The predicted octanol–water partition coefficient (Wildman–Crippen LogP) is 1.74. The van der Waals surface area contributed by atoms with Crippen LogP contribution in [0.15, 0.2) is 0 Å². The van der Waals surface area contributed by atoms with Crippen LogP contribution in [0.4, 0.5) is 0 Å². The first-order valence-corrected chi connectivity index (χ1v) is 7.87. The molecule has 2 saturated carbocycles. The Morgan fingerprint density at radius 3 is 2.50 bits per heavy atom. The summed E-state index contributed by atoms with van der Waals surface area (Å²) in [6.07, 6.45) is 10.8. The predicted molar refractivity (Wildman–Crippen MR) is 73.3 cm³/mol. The molecule has 0 bridgehead atoms. The fraction of sp³-hybridized carbons (Fsp3) is 1.00. The highest BCUT2D eigenvalue weighted by Gasteiger charge is 2.45. The van der Waals surface area contributed by atoms with Gasteiger partial charge < -0.3 is 10.8 Å². The average Bonchev–Trinajstić information content (AvgIpc) is 3.24. The topological polar surface area (TPSA) is 49.5 Å². The van der Waals surface area contributed by atoms with Gasteiger partial charge in [-0.25, -0.2) is 0 Å². The third-order valence-electron chi connectivity index (χ3n) is 5.54. The molecule has 104 valence electrons. The molecule has 18 heavy (non-hydrogen) atoms. The lowest BCUT2D eigenvalue weighted by Gasteiger charge is -2.47. The number of aliphatic hydroxyl groups excluding tert-OH is 1. The van der Waals surface area contributed by atoms with E-state index >= 15 is 0 Å². The molecule has 3 N–H and O–H groups in total. The third-order valence-corrected chi connectivity index (χ3v) is 5.54. The van der Waals surface area contributed by atoms with E-state index in [1.54, 1.807) is 0 Å². The SMILES string of the molecule is NC(CO)(CN1CCCC2CCCCC21)C1CC1. The molecular weight excluding hydrogens is 224 g/mol. The third kappa shape index (κ3) is 2.45. The Kier molecular flexibility index (Phi) is 3.65. The van der Waals surface area contributed by atoms with E-state index in [0.717, 1.165) is 18.5 Å². The number of hydrogen-bond acceptors (Lipinski definition) is 3. The molecule has 0 aromatic heterocycles. The van der Waals surface area contributed by atoms with Gasteiger partial charge in [-0.15, -0.1) is 0 Å². The second-order valence-corrected chi connectivity index (χ2v) is 6.89. The van der Waals surface area contributed by atoms with Crippen molar-refractivity contribution >= 4 is 0 Å². The van der Waals surface area contributed by atoms with Crippen molar-refractivity contribution in [2.45, 2.75) is 62.9 Å². The highest BCUT2D eigenvalue weighted by Crippen LogP contribution is 2.41. The molecule has 1 saturated heterocycles. The number of piperidine rings is 1. The van der Waals surface area contributed by atoms with Crippen LogP contribution in [0.25, 0.3) is 0 Å². The van der Waals surface area contributed by atoms with Crippen LogP contribution in [0.2, 0.25) is 0 Å². The molecule has 3 nitrogen and oxygen atoms in total. The standard InChI is InChI=1S/C15H28N2O/c16-15(11-18,13-7-8-13)10-17-9-3-5-12-4-1-2-6-14(12)17/h12-14,18H,1-11,16H2. The average molecular weight is 252 g/mol. The molecule has 1 aliphatic heterocycles. The van der Waals surface area contributed by atoms with Crippen LogP contribution in [0.5, 0.6) is 0 Å². The molecule has 0 spiro atoms. The lowest BCUT2D eigenvalue weighted by Crippen LogP contribution is -2.59. The van der Waals surface area contributed by atoms with Gasteiger partial charge in [0.1, 0.15) is 0 Å². The van der Waals surface area contributed by atoms with Crippen LogP contribution in [0, 0.1) is 11.8 Å². The largest absolute Gasteiger partial charge is 0.394 e. The van der Waals surface area contributed by atoms with Crippen LogP contribution in [0.3, 0.4) is 0 Å². The van der Waals surface area contributed by atoms with Gasteiger partial charge >= 0.3 is 0 Å². The molecule has 3 unspecified atom stereocenters. The van der Waals surface area contributed by atoms with Gasteiger partial charge in [0.15, 0.2) is 0 Å². The van der Waals surface area contributed by atoms with Gasteiger partial charge in [-0.1, -0.05) is 12.8 Å². The number of fused-ring (bicyclic) bond motifs is 1. The van der Waals surface area contributed by atoms with E-state index in [2.05, 4.69) is 4.90 Å². The number of hydrogen-bond donors (Lipinski definition) is 2. The Bertz CT molecular complexity index is 290. The lowest BCUT2D eigenvalue weighted by atomic mass is 9.77. The molecule has 0 amide bonds. The smallest absolute Gasteiger partial charge is 0.0626 e. The maximum absolute atomic E-state index is 9.67. The van der Waals surface area contributed by atoms with Crippen molar-refractivity contribution in [3.63, 3.8) is 0 Å². The number of nitrogens with zero attached hydrogens (tertiary/aromatic N) is 1. The van der Waals surface area contributed by atoms with Gasteiger partial charge in [-0.3, -0.25) is 4.90 Å². The van der Waals surface area contributed by atoms with Crippen LogP contribution in [0.1, 0.15) is 51.4 Å². The summed E-state index contributed by atoms with van der Waals surface area (Å²) in [7, 11) is 0. The first-order chi connectivity index (χ1) is 8.73. The Morgan fingerprint density at radius 1 is 1.06 bits per heavy atom. The van der Waals surface area contributed by atoms with Crippen molar-refractivity contribution in [2.24, 2.45) is 17.6 Å². The minimum atomic E-state index is -0.320. The maximum atomic E-state index is 9.67. The number of likely N-dealkylation sites (tertiary alicyclic amines) is 1. The molecular formula is C15H28N2O. The van der Waals surface area contributed by atoms with Crippen molar-refractivity contribution in [1.29, 1.82) is 0 Å². The van der Waals surface area contributed by atoms with Gasteiger partial charge in [0, 0.05) is 12.6 Å². The molecule has 3 heteroatoms. The second kappa shape index (κ2) is 5.10. The van der Waals surface area contributed by atoms with Crippen molar-refractivity contribution in [2.75, 3.05) is 19.7 Å². The Balaban J connectivity index is 1.66. The molecule has 0 aromatic rings. The normalized spacial score (nSPS) is 37.0. The summed E-state index contributed by atoms with van der Waals surface area (Å²) in [5, 5.41) is 9.67. The second-order valence-electron chi connectivity index (χ2n) is 6.89. The van der Waals surface area contributed by atoms with E-state index in [1.165, 1.54) is 57.9 Å². The highest BCUT2D eigenvalue weighted by molar-refractivity contribution is 5.02. The molecule has 0 radical (unpaired) electrons. The number of rotatable bonds is 4. The van der Waals surface area contributed by atoms with E-state index in [4.69, 9.17) is 5.73 Å². The van der Waals surface area contributed by atoms with E-state index < -0.39 is 0 Å². The van der Waals surface area contributed by atoms with E-state index in [0.29, 0.717) is 5.92 Å². The Labute approximate surface area is 111 Å². The maximum Gasteiger partial charge on any atom is 0.0626 e. The van der Waals surface area contributed by atoms with Gasteiger partial charge in [-0.05, 0) is 56.9 Å². The summed E-state index contributed by atoms with van der Waals surface area (Å²) in [4.78, 5) is 2.63. The van der Waals surface area contributed by atoms with Gasteiger partial charge in [0.25, 0.3) is 0 Å². The Morgan fingerprint density at radius 2 is 1.78 bits per heavy atom. The zero-order chi connectivity index (χ0) is 12.6. The summed E-state index contributed by atoms with van der Waals surface area (Å²) in [6, 6.07) is 0.765. The van der Waals surface area contributed by atoms with Gasteiger partial charge in [0.2, 0.25) is 0 Å². The van der Waals surface area contributed by atoms with E-state index in [1.807, 2.05) is 0 Å². The fourth-order valence-electron chi connectivity index (χ4n) is 4.27. The van der Waals surface area contributed by atoms with E-state index in [9.17, 15) is 5.11 Å². The highest BCUT2D eigenvalue weighted by atomic mass is 16.3. The van der Waals surface area contributed by atoms with Crippen molar-refractivity contribution < 1.29 is 5.11 Å². The minimum Gasteiger partial charge on any atom is -0.394 e. The molecule has 3 aliphatic rings. The molecule has 3 rings (SSSR count). The van der Waals surface area contributed by atoms with Crippen molar-refractivity contribution in [3.8, 4) is 0 Å². The van der Waals surface area contributed by atoms with E-state index in [-0.39, 0.29) is 12.1 Å². The monoisotopic (exact) mass is 252 g/mol. The zero-order valence-corrected chi connectivity index (χ0v) is 11.5. The molecule has 1 heterocycles. The van der Waals surface area contributed by atoms with Gasteiger partial charge in [-0.2, -0.15) is 0 Å². The summed E-state index contributed by atoms with van der Waals surface area (Å²) in [5.41, 5.74) is 6.14. The quantitative estimate of drug-likeness (QED) is 0.801. The first kappa shape index (κ1) is 12.9. The zero-order valence-electron chi connectivity index (χ0n) is 11.5. The summed E-state index contributed by atoms with van der Waals surface area (Å²) >= 11 is 0. The number of aliphatic hydroxyl groups is 1. The summed E-state index contributed by atoms with van der Waals surface area (Å²) in [5.74, 6) is 1.49.